The maximum Gasteiger partial charge on any atom is 0.160 e. The van der Waals surface area contributed by atoms with Gasteiger partial charge in [0, 0.05) is 22.1 Å². The fourth-order valence-electron chi connectivity index (χ4n) is 8.11. The Hall–Kier alpha value is -5.60. The Bertz CT molecular complexity index is 2190. The molecule has 0 N–H and O–H groups in total. The highest BCUT2D eigenvalue weighted by Gasteiger charge is 2.43. The van der Waals surface area contributed by atoms with Crippen LogP contribution >= 0.6 is 0 Å². The Labute approximate surface area is 282 Å². The van der Waals surface area contributed by atoms with E-state index in [0.29, 0.717) is 0 Å². The number of hydrogen-bond donors (Lipinski definition) is 0. The first-order chi connectivity index (χ1) is 23.7. The second kappa shape index (κ2) is 11.9. The predicted molar refractivity (Wildman–Crippen MR) is 199 cm³/mol. The van der Waals surface area contributed by atoms with Gasteiger partial charge >= 0.3 is 0 Å². The molecule has 9 rings (SSSR count). The molecule has 2 aliphatic carbocycles. The van der Waals surface area contributed by atoms with Gasteiger partial charge in [0.05, 0.1) is 11.4 Å². The molecule has 0 unspecified atom stereocenters. The van der Waals surface area contributed by atoms with Crippen molar-refractivity contribution in [1.82, 2.24) is 9.97 Å². The summed E-state index contributed by atoms with van der Waals surface area (Å²) in [5.74, 6) is 0.733. The number of hydrogen-bond acceptors (Lipinski definition) is 2. The van der Waals surface area contributed by atoms with Crippen LogP contribution in [0.5, 0.6) is 0 Å². The number of nitrogens with zero attached hydrogens (tertiary/aromatic N) is 2. The molecule has 0 bridgehead atoms. The van der Waals surface area contributed by atoms with Crippen LogP contribution in [0, 0.1) is 0 Å². The number of rotatable bonds is 5. The molecule has 1 heterocycles. The molecule has 7 aromatic rings. The first-order valence-electron chi connectivity index (χ1n) is 17.2. The van der Waals surface area contributed by atoms with Crippen LogP contribution in [0.1, 0.15) is 43.2 Å². The maximum atomic E-state index is 5.02. The first-order valence-corrected chi connectivity index (χ1v) is 17.2. The summed E-state index contributed by atoms with van der Waals surface area (Å²) in [4.78, 5) is 9.98. The van der Waals surface area contributed by atoms with Crippen molar-refractivity contribution in [2.45, 2.75) is 37.5 Å². The molecule has 6 aromatic carbocycles. The topological polar surface area (TPSA) is 25.8 Å². The van der Waals surface area contributed by atoms with Gasteiger partial charge in [0.25, 0.3) is 0 Å². The van der Waals surface area contributed by atoms with Crippen LogP contribution in [-0.4, -0.2) is 9.97 Å². The minimum absolute atomic E-state index is 0.162. The Morgan fingerprint density at radius 1 is 0.354 bits per heavy atom. The zero-order valence-corrected chi connectivity index (χ0v) is 26.9. The molecule has 1 saturated carbocycles. The van der Waals surface area contributed by atoms with E-state index in [1.807, 2.05) is 24.3 Å². The molecule has 0 radical (unpaired) electrons. The number of aromatic nitrogens is 2. The van der Waals surface area contributed by atoms with Gasteiger partial charge < -0.3 is 0 Å². The van der Waals surface area contributed by atoms with E-state index >= 15 is 0 Å². The van der Waals surface area contributed by atoms with E-state index in [0.717, 1.165) is 33.9 Å². The fourth-order valence-corrected chi connectivity index (χ4v) is 8.11. The van der Waals surface area contributed by atoms with E-state index in [1.54, 1.807) is 5.56 Å². The highest BCUT2D eigenvalue weighted by atomic mass is 14.9. The van der Waals surface area contributed by atoms with Crippen LogP contribution in [-0.2, 0) is 5.41 Å². The van der Waals surface area contributed by atoms with Crippen LogP contribution in [0.4, 0.5) is 0 Å². The van der Waals surface area contributed by atoms with E-state index in [2.05, 4.69) is 133 Å². The van der Waals surface area contributed by atoms with Gasteiger partial charge in [0.2, 0.25) is 0 Å². The van der Waals surface area contributed by atoms with Gasteiger partial charge in [-0.3, -0.25) is 0 Å². The summed E-state index contributed by atoms with van der Waals surface area (Å²) in [7, 11) is 0. The molecule has 0 saturated heterocycles. The van der Waals surface area contributed by atoms with Crippen molar-refractivity contribution in [3.05, 3.63) is 169 Å². The molecule has 230 valence electrons. The molecule has 1 aromatic heterocycles. The normalized spacial score (nSPS) is 14.4. The highest BCUT2D eigenvalue weighted by Crippen LogP contribution is 2.56. The summed E-state index contributed by atoms with van der Waals surface area (Å²) >= 11 is 0. The minimum Gasteiger partial charge on any atom is -0.228 e. The predicted octanol–water partition coefficient (Wildman–Crippen LogP) is 12.0. The van der Waals surface area contributed by atoms with Crippen molar-refractivity contribution in [3.63, 3.8) is 0 Å². The first kappa shape index (κ1) is 28.6. The van der Waals surface area contributed by atoms with Crippen LogP contribution in [0.2, 0.25) is 0 Å². The van der Waals surface area contributed by atoms with Crippen molar-refractivity contribution in [1.29, 1.82) is 0 Å². The summed E-state index contributed by atoms with van der Waals surface area (Å²) in [5, 5.41) is 0. The quantitative estimate of drug-likeness (QED) is 0.192. The molecule has 1 spiro atoms. The fraction of sp³-hybridized carbons (Fsp3) is 0.130. The molecule has 2 heteroatoms. The minimum atomic E-state index is 0.162. The third-order valence-corrected chi connectivity index (χ3v) is 10.5. The Morgan fingerprint density at radius 3 is 1.60 bits per heavy atom. The zero-order valence-electron chi connectivity index (χ0n) is 26.9. The van der Waals surface area contributed by atoms with Gasteiger partial charge in [0.1, 0.15) is 0 Å². The monoisotopic (exact) mass is 616 g/mol. The molecule has 0 atom stereocenters. The van der Waals surface area contributed by atoms with Crippen molar-refractivity contribution < 1.29 is 0 Å². The number of benzene rings is 6. The SMILES string of the molecule is c1ccc(-c2cc(-c3ccc(-c4cccc(-c5ccc6c(c5)C5(CCCCC5)c5ccccc5-6)c4)cc3)nc(-c3ccccc3)n2)cc1. The van der Waals surface area contributed by atoms with Gasteiger partial charge in [-0.2, -0.15) is 0 Å². The van der Waals surface area contributed by atoms with Crippen LogP contribution in [0.3, 0.4) is 0 Å². The Morgan fingerprint density at radius 2 is 0.875 bits per heavy atom. The van der Waals surface area contributed by atoms with Crippen LogP contribution in [0.25, 0.3) is 67.3 Å². The molecule has 48 heavy (non-hydrogen) atoms. The molecular formula is C46H36N2. The van der Waals surface area contributed by atoms with Gasteiger partial charge in [-0.1, -0.05) is 159 Å². The lowest BCUT2D eigenvalue weighted by Gasteiger charge is -2.36. The van der Waals surface area contributed by atoms with E-state index in [-0.39, 0.29) is 5.41 Å². The zero-order chi connectivity index (χ0) is 31.9. The van der Waals surface area contributed by atoms with Gasteiger partial charge in [-0.25, -0.2) is 9.97 Å². The average Bonchev–Trinajstić information content (AvgIpc) is 3.43. The smallest absolute Gasteiger partial charge is 0.160 e. The molecule has 1 fully saturated rings. The van der Waals surface area contributed by atoms with Crippen molar-refractivity contribution in [2.24, 2.45) is 0 Å². The van der Waals surface area contributed by atoms with E-state index in [9.17, 15) is 0 Å². The van der Waals surface area contributed by atoms with Crippen molar-refractivity contribution in [3.8, 4) is 67.3 Å². The Balaban J connectivity index is 1.06. The maximum absolute atomic E-state index is 5.02. The van der Waals surface area contributed by atoms with E-state index < -0.39 is 0 Å². The standard InChI is InChI=1S/C46H36N2/c1-4-13-33(14-5-1)43-31-44(48-45(47-43)35-15-6-2-7-16-35)34-23-21-32(22-24-34)36-17-12-18-37(29-36)38-25-26-40-39-19-8-9-20-41(39)46(42(40)30-38)27-10-3-11-28-46/h1-2,4-9,12-26,29-31H,3,10-11,27-28H2. The third-order valence-electron chi connectivity index (χ3n) is 10.5. The summed E-state index contributed by atoms with van der Waals surface area (Å²) < 4.78 is 0. The van der Waals surface area contributed by atoms with Crippen molar-refractivity contribution >= 4 is 0 Å². The number of fused-ring (bicyclic) bond motifs is 5. The summed E-state index contributed by atoms with van der Waals surface area (Å²) in [6.45, 7) is 0. The molecular weight excluding hydrogens is 581 g/mol. The lowest BCUT2D eigenvalue weighted by Crippen LogP contribution is -2.28. The van der Waals surface area contributed by atoms with Gasteiger partial charge in [0.15, 0.2) is 5.82 Å². The van der Waals surface area contributed by atoms with Gasteiger partial charge in [-0.05, 0) is 75.5 Å². The summed E-state index contributed by atoms with van der Waals surface area (Å²) in [6.07, 6.45) is 6.45. The molecule has 2 aliphatic rings. The van der Waals surface area contributed by atoms with E-state index in [4.69, 9.17) is 9.97 Å². The van der Waals surface area contributed by atoms with Crippen LogP contribution < -0.4 is 0 Å². The summed E-state index contributed by atoms with van der Waals surface area (Å²) in [6, 6.07) is 56.9. The third kappa shape index (κ3) is 4.96. The Kier molecular flexibility index (Phi) is 7.08. The van der Waals surface area contributed by atoms with Gasteiger partial charge in [-0.15, -0.1) is 0 Å². The second-order valence-corrected chi connectivity index (χ2v) is 13.3. The largest absolute Gasteiger partial charge is 0.228 e. The second-order valence-electron chi connectivity index (χ2n) is 13.3. The average molecular weight is 617 g/mol. The highest BCUT2D eigenvalue weighted by molar-refractivity contribution is 5.85. The van der Waals surface area contributed by atoms with E-state index in [1.165, 1.54) is 71.0 Å². The lowest BCUT2D eigenvalue weighted by atomic mass is 9.67. The summed E-state index contributed by atoms with van der Waals surface area (Å²) in [5.41, 5.74) is 16.1. The van der Waals surface area contributed by atoms with Crippen molar-refractivity contribution in [2.75, 3.05) is 0 Å². The molecule has 0 amide bonds. The lowest BCUT2D eigenvalue weighted by molar-refractivity contribution is 0.353. The van der Waals surface area contributed by atoms with Crippen LogP contribution in [0.15, 0.2) is 158 Å². The molecule has 2 nitrogen and oxygen atoms in total. The molecule has 0 aliphatic heterocycles.